The first-order valence-corrected chi connectivity index (χ1v) is 2.94. The highest BCUT2D eigenvalue weighted by molar-refractivity contribution is 4.70. The molecule has 1 atom stereocenters. The number of epoxide rings is 1. The molecule has 0 aromatic heterocycles. The number of nitrogens with zero attached hydrogens (tertiary/aromatic N) is 1. The highest BCUT2D eigenvalue weighted by Gasteiger charge is 2.23. The predicted octanol–water partition coefficient (Wildman–Crippen LogP) is -0.419. The second-order valence-electron chi connectivity index (χ2n) is 2.04. The highest BCUT2D eigenvalue weighted by Crippen LogP contribution is 2.08. The summed E-state index contributed by atoms with van der Waals surface area (Å²) in [5, 5.41) is 1.76. The molecule has 1 saturated heterocycles. The summed E-state index contributed by atoms with van der Waals surface area (Å²) in [4.78, 5) is 0. The zero-order valence-corrected chi connectivity index (χ0v) is 5.13. The third-order valence-electron chi connectivity index (χ3n) is 1.25. The van der Waals surface area contributed by atoms with E-state index in [0.717, 1.165) is 19.7 Å². The average Bonchev–Trinajstić information content (AvgIpc) is 2.50. The minimum absolute atomic E-state index is 0.431. The van der Waals surface area contributed by atoms with Crippen LogP contribution in [0.5, 0.6) is 0 Å². The Labute approximate surface area is 49.4 Å². The first kappa shape index (κ1) is 6.01. The van der Waals surface area contributed by atoms with Crippen LogP contribution in [-0.4, -0.2) is 30.8 Å². The molecule has 1 heterocycles. The topological polar surface area (TPSA) is 41.8 Å². The van der Waals surface area contributed by atoms with Crippen LogP contribution in [0.4, 0.5) is 0 Å². The van der Waals surface area contributed by atoms with Gasteiger partial charge in [-0.15, -0.1) is 0 Å². The summed E-state index contributed by atoms with van der Waals surface area (Å²) in [6.07, 6.45) is 0.431. The fourth-order valence-electron chi connectivity index (χ4n) is 0.564. The molecule has 48 valence electrons. The van der Waals surface area contributed by atoms with Crippen molar-refractivity contribution < 1.29 is 4.74 Å². The molecule has 1 fully saturated rings. The van der Waals surface area contributed by atoms with Gasteiger partial charge in [0.15, 0.2) is 0 Å². The van der Waals surface area contributed by atoms with Crippen LogP contribution < -0.4 is 5.84 Å². The minimum atomic E-state index is 0.431. The van der Waals surface area contributed by atoms with E-state index in [-0.39, 0.29) is 0 Å². The fraction of sp³-hybridized carbons (Fsp3) is 1.00. The van der Waals surface area contributed by atoms with Crippen LogP contribution in [0.25, 0.3) is 0 Å². The van der Waals surface area contributed by atoms with E-state index in [1.807, 2.05) is 6.92 Å². The maximum Gasteiger partial charge on any atom is 0.0950 e. The Balaban J connectivity index is 1.98. The van der Waals surface area contributed by atoms with Crippen LogP contribution in [0.3, 0.4) is 0 Å². The molecule has 3 nitrogen and oxygen atoms in total. The van der Waals surface area contributed by atoms with Gasteiger partial charge in [-0.25, -0.2) is 5.01 Å². The van der Waals surface area contributed by atoms with Crippen molar-refractivity contribution in [1.29, 1.82) is 0 Å². The molecule has 0 saturated carbocycles. The van der Waals surface area contributed by atoms with Gasteiger partial charge >= 0.3 is 0 Å². The fourth-order valence-corrected chi connectivity index (χ4v) is 0.564. The van der Waals surface area contributed by atoms with Crippen LogP contribution in [0, 0.1) is 0 Å². The van der Waals surface area contributed by atoms with Gasteiger partial charge in [0.05, 0.1) is 12.7 Å². The minimum Gasteiger partial charge on any atom is -0.372 e. The van der Waals surface area contributed by atoms with Gasteiger partial charge < -0.3 is 4.74 Å². The maximum atomic E-state index is 5.47. The molecule has 0 radical (unpaired) electrons. The third-order valence-corrected chi connectivity index (χ3v) is 1.25. The van der Waals surface area contributed by atoms with E-state index in [1.54, 1.807) is 5.01 Å². The van der Waals surface area contributed by atoms with Gasteiger partial charge in [0.25, 0.3) is 0 Å². The zero-order chi connectivity index (χ0) is 5.98. The summed E-state index contributed by atoms with van der Waals surface area (Å²) in [7, 11) is 0. The molecule has 0 spiro atoms. The molecule has 8 heavy (non-hydrogen) atoms. The number of likely N-dealkylation sites (N-methyl/N-ethyl adjacent to an activating group) is 1. The number of nitrogens with two attached hydrogens (primary N) is 1. The lowest BCUT2D eigenvalue weighted by Crippen LogP contribution is -2.34. The van der Waals surface area contributed by atoms with Crippen molar-refractivity contribution in [1.82, 2.24) is 5.01 Å². The van der Waals surface area contributed by atoms with Gasteiger partial charge in [0.1, 0.15) is 0 Å². The van der Waals surface area contributed by atoms with Crippen molar-refractivity contribution in [2.75, 3.05) is 19.7 Å². The molecule has 2 N–H and O–H groups in total. The summed E-state index contributed by atoms with van der Waals surface area (Å²) < 4.78 is 4.96. The Morgan fingerprint density at radius 2 is 2.50 bits per heavy atom. The van der Waals surface area contributed by atoms with E-state index in [1.165, 1.54) is 0 Å². The Kier molecular flexibility index (Phi) is 1.83. The largest absolute Gasteiger partial charge is 0.372 e. The van der Waals surface area contributed by atoms with Gasteiger partial charge in [-0.2, -0.15) is 0 Å². The van der Waals surface area contributed by atoms with E-state index in [0.29, 0.717) is 6.10 Å². The first-order chi connectivity index (χ1) is 3.83. The smallest absolute Gasteiger partial charge is 0.0950 e. The standard InChI is InChI=1S/C5H12N2O/c1-2-7(6)3-5-4-8-5/h5H,2-4,6H2,1H3. The molecule has 1 aliphatic rings. The van der Waals surface area contributed by atoms with Gasteiger partial charge in [-0.05, 0) is 0 Å². The summed E-state index contributed by atoms with van der Waals surface area (Å²) in [6, 6.07) is 0. The summed E-state index contributed by atoms with van der Waals surface area (Å²) in [5.74, 6) is 5.47. The van der Waals surface area contributed by atoms with E-state index in [4.69, 9.17) is 10.6 Å². The molecule has 0 aromatic rings. The van der Waals surface area contributed by atoms with Gasteiger partial charge in [-0.3, -0.25) is 5.84 Å². The van der Waals surface area contributed by atoms with Gasteiger partial charge in [-0.1, -0.05) is 6.92 Å². The average molecular weight is 116 g/mol. The molecule has 1 rings (SSSR count). The SMILES string of the molecule is CCN(N)CC1CO1. The molecule has 0 aromatic carbocycles. The molecule has 1 aliphatic heterocycles. The van der Waals surface area contributed by atoms with Crippen LogP contribution in [0.2, 0.25) is 0 Å². The summed E-state index contributed by atoms with van der Waals surface area (Å²) >= 11 is 0. The van der Waals surface area contributed by atoms with Crippen LogP contribution in [0.1, 0.15) is 6.92 Å². The Hall–Kier alpha value is -0.120. The van der Waals surface area contributed by atoms with Gasteiger partial charge in [0, 0.05) is 13.1 Å². The lowest BCUT2D eigenvalue weighted by Gasteiger charge is -2.09. The van der Waals surface area contributed by atoms with E-state index in [9.17, 15) is 0 Å². The second kappa shape index (κ2) is 2.44. The lowest BCUT2D eigenvalue weighted by molar-refractivity contribution is 0.259. The van der Waals surface area contributed by atoms with Crippen molar-refractivity contribution in [3.63, 3.8) is 0 Å². The summed E-state index contributed by atoms with van der Waals surface area (Å²) in [5.41, 5.74) is 0. The molecule has 3 heteroatoms. The van der Waals surface area contributed by atoms with Crippen molar-refractivity contribution in [2.24, 2.45) is 5.84 Å². The van der Waals surface area contributed by atoms with Crippen molar-refractivity contribution in [3.8, 4) is 0 Å². The van der Waals surface area contributed by atoms with E-state index < -0.39 is 0 Å². The molecular formula is C5H12N2O. The molecule has 0 amide bonds. The van der Waals surface area contributed by atoms with Crippen LogP contribution in [-0.2, 0) is 4.74 Å². The quantitative estimate of drug-likeness (QED) is 0.309. The number of rotatable bonds is 3. The Morgan fingerprint density at radius 3 is 2.88 bits per heavy atom. The monoisotopic (exact) mass is 116 g/mol. The Bertz CT molecular complexity index is 72.8. The molecular weight excluding hydrogens is 104 g/mol. The highest BCUT2D eigenvalue weighted by atomic mass is 16.6. The van der Waals surface area contributed by atoms with Crippen molar-refractivity contribution in [3.05, 3.63) is 0 Å². The molecule has 0 aliphatic carbocycles. The van der Waals surface area contributed by atoms with Crippen LogP contribution in [0.15, 0.2) is 0 Å². The number of hydrogen-bond donors (Lipinski definition) is 1. The number of hydrogen-bond acceptors (Lipinski definition) is 3. The third kappa shape index (κ3) is 1.78. The summed E-state index contributed by atoms with van der Waals surface area (Å²) in [6.45, 7) is 4.71. The van der Waals surface area contributed by atoms with Gasteiger partial charge in [0.2, 0.25) is 0 Å². The zero-order valence-electron chi connectivity index (χ0n) is 5.13. The molecule has 0 bridgehead atoms. The number of hydrazine groups is 1. The first-order valence-electron chi connectivity index (χ1n) is 2.94. The second-order valence-corrected chi connectivity index (χ2v) is 2.04. The molecule has 1 unspecified atom stereocenters. The van der Waals surface area contributed by atoms with Crippen molar-refractivity contribution in [2.45, 2.75) is 13.0 Å². The maximum absolute atomic E-state index is 5.47. The van der Waals surface area contributed by atoms with Crippen LogP contribution >= 0.6 is 0 Å². The van der Waals surface area contributed by atoms with E-state index >= 15 is 0 Å². The number of ether oxygens (including phenoxy) is 1. The predicted molar refractivity (Wildman–Crippen MR) is 31.2 cm³/mol. The van der Waals surface area contributed by atoms with E-state index in [2.05, 4.69) is 0 Å². The lowest BCUT2D eigenvalue weighted by atomic mass is 10.4. The normalized spacial score (nSPS) is 26.6. The Morgan fingerprint density at radius 1 is 1.88 bits per heavy atom. The van der Waals surface area contributed by atoms with Crippen molar-refractivity contribution >= 4 is 0 Å².